The van der Waals surface area contributed by atoms with Gasteiger partial charge in [0.25, 0.3) is 5.91 Å². The van der Waals surface area contributed by atoms with E-state index in [1.807, 2.05) is 0 Å². The van der Waals surface area contributed by atoms with Crippen LogP contribution in [0.5, 0.6) is 0 Å². The van der Waals surface area contributed by atoms with Gasteiger partial charge in [0.15, 0.2) is 11.3 Å². The number of benzene rings is 1. The van der Waals surface area contributed by atoms with Crippen LogP contribution >= 0.6 is 15.9 Å². The number of hydrogen-bond acceptors (Lipinski definition) is 4. The molecule has 2 aromatic heterocycles. The second kappa shape index (κ2) is 6.22. The van der Waals surface area contributed by atoms with Crippen LogP contribution in [0.2, 0.25) is 0 Å². The average Bonchev–Trinajstić information content (AvgIpc) is 3.03. The SMILES string of the molecule is CN1c2c(cccc2C(F)(F)F)CCN1C(=O)c1cc2ncc(Br)cn2n1. The Kier molecular flexibility index (Phi) is 4.10. The Balaban J connectivity index is 1.72. The summed E-state index contributed by atoms with van der Waals surface area (Å²) in [7, 11) is 1.45. The predicted octanol–water partition coefficient (Wildman–Crippen LogP) is 3.56. The van der Waals surface area contributed by atoms with Gasteiger partial charge in [0.1, 0.15) is 0 Å². The first-order valence-electron chi connectivity index (χ1n) is 8.01. The van der Waals surface area contributed by atoms with E-state index in [2.05, 4.69) is 26.0 Å². The third kappa shape index (κ3) is 3.03. The number of para-hydroxylation sites is 1. The van der Waals surface area contributed by atoms with E-state index in [0.29, 0.717) is 22.1 Å². The normalized spacial score (nSPS) is 14.6. The number of rotatable bonds is 1. The molecule has 1 aliphatic rings. The third-order valence-corrected chi connectivity index (χ3v) is 4.85. The molecule has 6 nitrogen and oxygen atoms in total. The summed E-state index contributed by atoms with van der Waals surface area (Å²) in [6, 6.07) is 5.57. The van der Waals surface area contributed by atoms with Crippen molar-refractivity contribution in [3.05, 3.63) is 58.0 Å². The second-order valence-electron chi connectivity index (χ2n) is 6.12. The highest BCUT2D eigenvalue weighted by Gasteiger charge is 2.39. The topological polar surface area (TPSA) is 53.7 Å². The van der Waals surface area contributed by atoms with Gasteiger partial charge < -0.3 is 0 Å². The van der Waals surface area contributed by atoms with Crippen molar-refractivity contribution in [2.75, 3.05) is 18.6 Å². The Morgan fingerprint density at radius 2 is 2.07 bits per heavy atom. The van der Waals surface area contributed by atoms with E-state index in [-0.39, 0.29) is 17.9 Å². The van der Waals surface area contributed by atoms with Crippen molar-refractivity contribution < 1.29 is 18.0 Å². The van der Waals surface area contributed by atoms with Gasteiger partial charge in [-0.1, -0.05) is 12.1 Å². The fraction of sp³-hybridized carbons (Fsp3) is 0.235. The van der Waals surface area contributed by atoms with Crippen molar-refractivity contribution in [1.29, 1.82) is 0 Å². The van der Waals surface area contributed by atoms with E-state index in [9.17, 15) is 18.0 Å². The standard InChI is InChI=1S/C17H13BrF3N5O/c1-24-15-10(3-2-4-12(15)17(19,20)21)5-6-26(24)16(27)13-7-14-22-8-11(18)9-25(14)23-13/h2-4,7-9H,5-6H2,1H3. The molecule has 0 fully saturated rings. The summed E-state index contributed by atoms with van der Waals surface area (Å²) in [5, 5.41) is 6.73. The van der Waals surface area contributed by atoms with Crippen LogP contribution < -0.4 is 5.01 Å². The van der Waals surface area contributed by atoms with Gasteiger partial charge in [0.2, 0.25) is 0 Å². The minimum Gasteiger partial charge on any atom is -0.285 e. The molecule has 1 amide bonds. The maximum Gasteiger partial charge on any atom is 0.418 e. The zero-order chi connectivity index (χ0) is 19.3. The first-order valence-corrected chi connectivity index (χ1v) is 8.80. The Bertz CT molecular complexity index is 1050. The molecular weight excluding hydrogens is 427 g/mol. The zero-order valence-electron chi connectivity index (χ0n) is 14.0. The number of hydrazine groups is 1. The van der Waals surface area contributed by atoms with Gasteiger partial charge in [0.05, 0.1) is 15.7 Å². The maximum absolute atomic E-state index is 13.4. The molecular formula is C17H13BrF3N5O. The van der Waals surface area contributed by atoms with Crippen LogP contribution in [0.25, 0.3) is 5.65 Å². The van der Waals surface area contributed by atoms with E-state index in [1.165, 1.54) is 33.7 Å². The van der Waals surface area contributed by atoms with Gasteiger partial charge in [-0.25, -0.2) is 14.5 Å². The lowest BCUT2D eigenvalue weighted by atomic mass is 10.0. The Labute approximate surface area is 160 Å². The number of alkyl halides is 3. The molecule has 0 saturated heterocycles. The number of carbonyl (C=O) groups is 1. The summed E-state index contributed by atoms with van der Waals surface area (Å²) >= 11 is 3.28. The van der Waals surface area contributed by atoms with Crippen molar-refractivity contribution in [3.63, 3.8) is 0 Å². The molecule has 0 aliphatic carbocycles. The fourth-order valence-electron chi connectivity index (χ4n) is 3.23. The molecule has 0 saturated carbocycles. The summed E-state index contributed by atoms with van der Waals surface area (Å²) in [6.45, 7) is 0.259. The van der Waals surface area contributed by atoms with Gasteiger partial charge in [0, 0.05) is 32.1 Å². The summed E-state index contributed by atoms with van der Waals surface area (Å²) in [5.74, 6) is -0.484. The molecule has 140 valence electrons. The van der Waals surface area contributed by atoms with Crippen LogP contribution in [0.4, 0.5) is 18.9 Å². The number of amides is 1. The number of hydrogen-bond donors (Lipinski definition) is 0. The van der Waals surface area contributed by atoms with Crippen LogP contribution in [0.15, 0.2) is 41.1 Å². The largest absolute Gasteiger partial charge is 0.418 e. The molecule has 1 aliphatic heterocycles. The van der Waals surface area contributed by atoms with Crippen molar-refractivity contribution in [1.82, 2.24) is 19.6 Å². The van der Waals surface area contributed by atoms with Crippen LogP contribution in [0.3, 0.4) is 0 Å². The van der Waals surface area contributed by atoms with Crippen LogP contribution in [0.1, 0.15) is 21.6 Å². The van der Waals surface area contributed by atoms with Crippen molar-refractivity contribution in [2.24, 2.45) is 0 Å². The highest BCUT2D eigenvalue weighted by Crippen LogP contribution is 2.40. The van der Waals surface area contributed by atoms with Crippen LogP contribution in [0, 0.1) is 0 Å². The molecule has 0 N–H and O–H groups in total. The minimum atomic E-state index is -4.51. The van der Waals surface area contributed by atoms with E-state index >= 15 is 0 Å². The molecule has 27 heavy (non-hydrogen) atoms. The van der Waals surface area contributed by atoms with Crippen LogP contribution in [-0.2, 0) is 12.6 Å². The Morgan fingerprint density at radius 1 is 1.30 bits per heavy atom. The molecule has 0 atom stereocenters. The second-order valence-corrected chi connectivity index (χ2v) is 7.03. The molecule has 0 radical (unpaired) electrons. The molecule has 10 heteroatoms. The highest BCUT2D eigenvalue weighted by atomic mass is 79.9. The molecule has 0 bridgehead atoms. The van der Waals surface area contributed by atoms with Gasteiger partial charge in [-0.15, -0.1) is 0 Å². The number of anilines is 1. The zero-order valence-corrected chi connectivity index (χ0v) is 15.6. The lowest BCUT2D eigenvalue weighted by Gasteiger charge is -2.39. The third-order valence-electron chi connectivity index (χ3n) is 4.44. The molecule has 0 unspecified atom stereocenters. The highest BCUT2D eigenvalue weighted by molar-refractivity contribution is 9.10. The first kappa shape index (κ1) is 17.8. The number of carbonyl (C=O) groups excluding carboxylic acids is 1. The first-order chi connectivity index (χ1) is 12.8. The summed E-state index contributed by atoms with van der Waals surface area (Å²) < 4.78 is 42.4. The lowest BCUT2D eigenvalue weighted by Crippen LogP contribution is -2.49. The molecule has 1 aromatic carbocycles. The van der Waals surface area contributed by atoms with E-state index in [1.54, 1.807) is 18.5 Å². The molecule has 0 spiro atoms. The number of aromatic nitrogens is 3. The van der Waals surface area contributed by atoms with E-state index in [0.717, 1.165) is 6.07 Å². The fourth-order valence-corrected chi connectivity index (χ4v) is 3.53. The number of nitrogens with zero attached hydrogens (tertiary/aromatic N) is 5. The molecule has 4 rings (SSSR count). The number of halogens is 4. The maximum atomic E-state index is 13.4. The summed E-state index contributed by atoms with van der Waals surface area (Å²) in [4.78, 5) is 17.1. The van der Waals surface area contributed by atoms with Gasteiger partial charge >= 0.3 is 6.18 Å². The van der Waals surface area contributed by atoms with Gasteiger partial charge in [-0.05, 0) is 34.0 Å². The van der Waals surface area contributed by atoms with E-state index in [4.69, 9.17) is 0 Å². The van der Waals surface area contributed by atoms with Crippen LogP contribution in [-0.4, -0.2) is 39.1 Å². The Morgan fingerprint density at radius 3 is 2.81 bits per heavy atom. The smallest absolute Gasteiger partial charge is 0.285 e. The van der Waals surface area contributed by atoms with Crippen molar-refractivity contribution in [2.45, 2.75) is 12.6 Å². The quantitative estimate of drug-likeness (QED) is 0.581. The predicted molar refractivity (Wildman–Crippen MR) is 95.3 cm³/mol. The van der Waals surface area contributed by atoms with Gasteiger partial charge in [-0.2, -0.15) is 18.3 Å². The van der Waals surface area contributed by atoms with Crippen molar-refractivity contribution in [3.8, 4) is 0 Å². The summed E-state index contributed by atoms with van der Waals surface area (Å²) in [5.41, 5.74) is 0.366. The monoisotopic (exact) mass is 439 g/mol. The molecule has 3 aromatic rings. The minimum absolute atomic E-state index is 0.00534. The Hall–Kier alpha value is -2.62. The number of fused-ring (bicyclic) bond motifs is 2. The average molecular weight is 440 g/mol. The lowest BCUT2D eigenvalue weighted by molar-refractivity contribution is -0.137. The van der Waals surface area contributed by atoms with Gasteiger partial charge in [-0.3, -0.25) is 9.80 Å². The van der Waals surface area contributed by atoms with Crippen molar-refractivity contribution >= 4 is 33.2 Å². The summed E-state index contributed by atoms with van der Waals surface area (Å²) in [6.07, 6.45) is -0.961. The molecule has 3 heterocycles. The van der Waals surface area contributed by atoms with E-state index < -0.39 is 17.6 Å².